The molecule has 0 amide bonds. The first-order valence-electron chi connectivity index (χ1n) is 5.09. The Balaban J connectivity index is 2.37. The summed E-state index contributed by atoms with van der Waals surface area (Å²) in [4.78, 5) is 7.62. The molecule has 0 atom stereocenters. The van der Waals surface area contributed by atoms with Crippen molar-refractivity contribution in [3.8, 4) is 0 Å². The molecule has 0 radical (unpaired) electrons. The number of hydrogen-bond acceptors (Lipinski definition) is 3. The normalized spacial score (nSPS) is 11.5. The van der Waals surface area contributed by atoms with Gasteiger partial charge in [0.15, 0.2) is 0 Å². The predicted molar refractivity (Wildman–Crippen MR) is 77.2 cm³/mol. The fourth-order valence-corrected chi connectivity index (χ4v) is 2.29. The van der Waals surface area contributed by atoms with Gasteiger partial charge in [0.2, 0.25) is 5.28 Å². The van der Waals surface area contributed by atoms with E-state index in [9.17, 15) is 13.2 Å². The number of anilines is 2. The second-order valence-electron chi connectivity index (χ2n) is 3.65. The molecule has 0 unspecified atom stereocenters. The Morgan fingerprint density at radius 3 is 2.50 bits per heavy atom. The number of halogens is 6. The van der Waals surface area contributed by atoms with E-state index in [0.29, 0.717) is 4.47 Å². The molecule has 1 aromatic carbocycles. The van der Waals surface area contributed by atoms with Crippen LogP contribution >= 0.6 is 43.5 Å². The molecule has 106 valence electrons. The van der Waals surface area contributed by atoms with Crippen molar-refractivity contribution in [1.29, 1.82) is 0 Å². The van der Waals surface area contributed by atoms with Crippen LogP contribution in [0.25, 0.3) is 0 Å². The molecule has 2 rings (SSSR count). The maximum Gasteiger partial charge on any atom is 0.417 e. The third-order valence-electron chi connectivity index (χ3n) is 2.25. The van der Waals surface area contributed by atoms with Crippen LogP contribution in [0, 0.1) is 0 Å². The summed E-state index contributed by atoms with van der Waals surface area (Å²) in [6.07, 6.45) is -3.04. The van der Waals surface area contributed by atoms with Crippen molar-refractivity contribution in [2.24, 2.45) is 0 Å². The van der Waals surface area contributed by atoms with E-state index in [4.69, 9.17) is 11.6 Å². The van der Waals surface area contributed by atoms with E-state index in [1.54, 1.807) is 0 Å². The average Bonchev–Trinajstić information content (AvgIpc) is 2.35. The number of benzene rings is 1. The predicted octanol–water partition coefficient (Wildman–Crippen LogP) is 5.42. The minimum absolute atomic E-state index is 0.0103. The van der Waals surface area contributed by atoms with Crippen molar-refractivity contribution in [2.75, 3.05) is 5.32 Å². The quantitative estimate of drug-likeness (QED) is 0.646. The van der Waals surface area contributed by atoms with Gasteiger partial charge in [-0.3, -0.25) is 0 Å². The summed E-state index contributed by atoms with van der Waals surface area (Å²) in [5.74, 6) is 0.278. The molecule has 1 heterocycles. The Bertz CT molecular complexity index is 649. The van der Waals surface area contributed by atoms with Gasteiger partial charge in [0, 0.05) is 16.4 Å². The number of alkyl halides is 3. The Hall–Kier alpha value is -0.860. The molecule has 0 aliphatic rings. The molecule has 0 saturated heterocycles. The van der Waals surface area contributed by atoms with Gasteiger partial charge >= 0.3 is 6.18 Å². The summed E-state index contributed by atoms with van der Waals surface area (Å²) in [5.41, 5.74) is -0.547. The minimum Gasteiger partial charge on any atom is -0.339 e. The van der Waals surface area contributed by atoms with Crippen LogP contribution in [-0.4, -0.2) is 9.97 Å². The molecule has 0 saturated carbocycles. The smallest absolute Gasteiger partial charge is 0.339 e. The van der Waals surface area contributed by atoms with E-state index < -0.39 is 11.7 Å². The summed E-state index contributed by atoms with van der Waals surface area (Å²) in [5, 5.41) is 2.74. The van der Waals surface area contributed by atoms with Gasteiger partial charge in [0.25, 0.3) is 0 Å². The molecule has 0 aliphatic carbocycles. The van der Waals surface area contributed by atoms with Crippen LogP contribution in [0.15, 0.2) is 33.3 Å². The molecule has 1 aromatic heterocycles. The summed E-state index contributed by atoms with van der Waals surface area (Å²) in [7, 11) is 0. The van der Waals surface area contributed by atoms with E-state index >= 15 is 0 Å². The highest BCUT2D eigenvalue weighted by atomic mass is 79.9. The fraction of sp³-hybridized carbons (Fsp3) is 0.0909. The topological polar surface area (TPSA) is 37.8 Å². The number of rotatable bonds is 2. The van der Waals surface area contributed by atoms with Gasteiger partial charge in [-0.05, 0) is 45.7 Å². The van der Waals surface area contributed by atoms with Gasteiger partial charge in [0.1, 0.15) is 5.82 Å². The first kappa shape index (κ1) is 15.5. The largest absolute Gasteiger partial charge is 0.417 e. The van der Waals surface area contributed by atoms with E-state index in [1.807, 2.05) is 0 Å². The number of aromatic nitrogens is 2. The highest BCUT2D eigenvalue weighted by molar-refractivity contribution is 9.10. The lowest BCUT2D eigenvalue weighted by atomic mass is 10.2. The summed E-state index contributed by atoms with van der Waals surface area (Å²) < 4.78 is 38.8. The van der Waals surface area contributed by atoms with Gasteiger partial charge in [-0.1, -0.05) is 15.9 Å². The Kier molecular flexibility index (Phi) is 4.55. The van der Waals surface area contributed by atoms with Crippen LogP contribution < -0.4 is 5.32 Å². The number of hydrogen-bond donors (Lipinski definition) is 1. The molecule has 2 aromatic rings. The third-order valence-corrected chi connectivity index (χ3v) is 3.70. The molecule has 0 fully saturated rings. The van der Waals surface area contributed by atoms with Gasteiger partial charge in [0.05, 0.1) is 10.0 Å². The Labute approximate surface area is 133 Å². The summed E-state index contributed by atoms with van der Waals surface area (Å²) in [6.45, 7) is 0. The first-order valence-corrected chi connectivity index (χ1v) is 7.05. The molecule has 0 spiro atoms. The fourth-order valence-electron chi connectivity index (χ4n) is 1.39. The van der Waals surface area contributed by atoms with Crippen LogP contribution in [-0.2, 0) is 6.18 Å². The van der Waals surface area contributed by atoms with E-state index in [1.165, 1.54) is 18.3 Å². The Morgan fingerprint density at radius 1 is 1.15 bits per heavy atom. The lowest BCUT2D eigenvalue weighted by Crippen LogP contribution is -2.07. The van der Waals surface area contributed by atoms with Crippen molar-refractivity contribution in [1.82, 2.24) is 9.97 Å². The van der Waals surface area contributed by atoms with Crippen LogP contribution in [0.1, 0.15) is 5.56 Å². The maximum atomic E-state index is 12.8. The molecule has 0 aliphatic heterocycles. The number of nitrogens with zero attached hydrogens (tertiary/aromatic N) is 2. The first-order chi connectivity index (χ1) is 9.27. The minimum atomic E-state index is -4.45. The monoisotopic (exact) mass is 429 g/mol. The van der Waals surface area contributed by atoms with Crippen molar-refractivity contribution >= 4 is 55.0 Å². The molecule has 9 heteroatoms. The van der Waals surface area contributed by atoms with Crippen molar-refractivity contribution in [2.45, 2.75) is 6.18 Å². The van der Waals surface area contributed by atoms with Crippen LogP contribution in [0.3, 0.4) is 0 Å². The van der Waals surface area contributed by atoms with E-state index in [2.05, 4.69) is 47.1 Å². The van der Waals surface area contributed by atoms with Gasteiger partial charge in [-0.25, -0.2) is 4.98 Å². The lowest BCUT2D eigenvalue weighted by molar-refractivity contribution is -0.138. The molecule has 20 heavy (non-hydrogen) atoms. The van der Waals surface area contributed by atoms with Gasteiger partial charge < -0.3 is 5.32 Å². The summed E-state index contributed by atoms with van der Waals surface area (Å²) in [6, 6.07) is 3.77. The van der Waals surface area contributed by atoms with Crippen LogP contribution in [0.5, 0.6) is 0 Å². The highest BCUT2D eigenvalue weighted by Crippen LogP contribution is 2.37. The van der Waals surface area contributed by atoms with Crippen LogP contribution in [0.4, 0.5) is 24.7 Å². The second-order valence-corrected chi connectivity index (χ2v) is 5.70. The Morgan fingerprint density at radius 2 is 1.85 bits per heavy atom. The number of nitrogens with one attached hydrogen (secondary N) is 1. The zero-order chi connectivity index (χ0) is 14.9. The van der Waals surface area contributed by atoms with Crippen molar-refractivity contribution in [3.05, 3.63) is 44.2 Å². The maximum absolute atomic E-state index is 12.8. The molecule has 3 nitrogen and oxygen atoms in total. The summed E-state index contributed by atoms with van der Waals surface area (Å²) >= 11 is 11.7. The SMILES string of the molecule is FC(F)(F)c1cc(Nc2nc(Cl)ncc2Br)ccc1Br. The third kappa shape index (κ3) is 3.62. The second kappa shape index (κ2) is 5.87. The van der Waals surface area contributed by atoms with E-state index in [-0.39, 0.29) is 21.3 Å². The standard InChI is InChI=1S/C11H5Br2ClF3N3/c12-7-2-1-5(3-6(7)11(15,16)17)19-9-8(13)4-18-10(14)20-9/h1-4H,(H,18,19,20). The lowest BCUT2D eigenvalue weighted by Gasteiger charge is -2.12. The van der Waals surface area contributed by atoms with Gasteiger partial charge in [-0.15, -0.1) is 0 Å². The molecule has 0 bridgehead atoms. The van der Waals surface area contributed by atoms with Crippen molar-refractivity contribution in [3.63, 3.8) is 0 Å². The van der Waals surface area contributed by atoms with Crippen molar-refractivity contribution < 1.29 is 13.2 Å². The molecular formula is C11H5Br2ClF3N3. The van der Waals surface area contributed by atoms with Crippen LogP contribution in [0.2, 0.25) is 5.28 Å². The van der Waals surface area contributed by atoms with E-state index in [0.717, 1.165) is 6.07 Å². The highest BCUT2D eigenvalue weighted by Gasteiger charge is 2.33. The molecular weight excluding hydrogens is 426 g/mol. The average molecular weight is 431 g/mol. The zero-order valence-corrected chi connectivity index (χ0v) is 13.4. The van der Waals surface area contributed by atoms with Gasteiger partial charge in [-0.2, -0.15) is 18.2 Å². The molecule has 1 N–H and O–H groups in total. The zero-order valence-electron chi connectivity index (χ0n) is 9.47.